The number of hydrogen-bond acceptors (Lipinski definition) is 1. The van der Waals surface area contributed by atoms with Crippen LogP contribution in [-0.4, -0.2) is 0 Å². The summed E-state index contributed by atoms with van der Waals surface area (Å²) in [7, 11) is 0. The van der Waals surface area contributed by atoms with Crippen molar-refractivity contribution in [1.29, 1.82) is 0 Å². The lowest BCUT2D eigenvalue weighted by atomic mass is 9.99. The number of nitrogen functional groups attached to an aromatic ring is 1. The topological polar surface area (TPSA) is 26.0 Å². The van der Waals surface area contributed by atoms with E-state index in [2.05, 4.69) is 38.1 Å². The minimum absolute atomic E-state index is 0.610. The highest BCUT2D eigenvalue weighted by atomic mass is 35.5. The molecule has 0 aliphatic carbocycles. The van der Waals surface area contributed by atoms with E-state index in [0.29, 0.717) is 16.6 Å². The van der Waals surface area contributed by atoms with Gasteiger partial charge >= 0.3 is 0 Å². The molecule has 94 valence electrons. The Bertz CT molecular complexity index is 529. The highest BCUT2D eigenvalue weighted by Gasteiger charge is 2.02. The lowest BCUT2D eigenvalue weighted by Gasteiger charge is -2.07. The van der Waals surface area contributed by atoms with E-state index in [4.69, 9.17) is 17.3 Å². The van der Waals surface area contributed by atoms with E-state index in [-0.39, 0.29) is 0 Å². The third kappa shape index (κ3) is 3.05. The van der Waals surface area contributed by atoms with Crippen molar-refractivity contribution in [2.75, 3.05) is 5.73 Å². The molecule has 0 bridgehead atoms. The molecule has 0 saturated carbocycles. The van der Waals surface area contributed by atoms with Crippen LogP contribution in [0.1, 0.15) is 19.4 Å². The van der Waals surface area contributed by atoms with Crippen molar-refractivity contribution in [3.8, 4) is 11.1 Å². The lowest BCUT2D eigenvalue weighted by Crippen LogP contribution is -1.93. The van der Waals surface area contributed by atoms with Crippen LogP contribution < -0.4 is 5.73 Å². The predicted molar refractivity (Wildman–Crippen MR) is 79.8 cm³/mol. The molecule has 0 saturated heterocycles. The summed E-state index contributed by atoms with van der Waals surface area (Å²) in [5, 5.41) is 0.610. The van der Waals surface area contributed by atoms with Crippen molar-refractivity contribution in [3.05, 3.63) is 53.1 Å². The summed E-state index contributed by atoms with van der Waals surface area (Å²) in [6, 6.07) is 14.4. The first-order valence-corrected chi connectivity index (χ1v) is 6.58. The van der Waals surface area contributed by atoms with Gasteiger partial charge in [-0.25, -0.2) is 0 Å². The molecule has 0 aliphatic heterocycles. The molecular weight excluding hydrogens is 242 g/mol. The standard InChI is InChI=1S/C16H18ClN/c1-11(2)9-12-3-5-13(6-4-12)14-7-8-16(18)15(17)10-14/h3-8,10-11H,9,18H2,1-2H3. The van der Waals surface area contributed by atoms with Crippen molar-refractivity contribution in [3.63, 3.8) is 0 Å². The van der Waals surface area contributed by atoms with Gasteiger partial charge < -0.3 is 5.73 Å². The molecular formula is C16H18ClN. The van der Waals surface area contributed by atoms with Crippen LogP contribution in [0.4, 0.5) is 5.69 Å². The maximum atomic E-state index is 6.04. The van der Waals surface area contributed by atoms with E-state index in [0.717, 1.165) is 12.0 Å². The minimum atomic E-state index is 0.610. The fraction of sp³-hybridized carbons (Fsp3) is 0.250. The molecule has 2 heteroatoms. The average Bonchev–Trinajstić information content (AvgIpc) is 2.33. The van der Waals surface area contributed by atoms with Gasteiger partial charge in [0.1, 0.15) is 0 Å². The van der Waals surface area contributed by atoms with Crippen molar-refractivity contribution in [2.24, 2.45) is 5.92 Å². The molecule has 2 aromatic carbocycles. The van der Waals surface area contributed by atoms with Gasteiger partial charge in [-0.1, -0.05) is 55.8 Å². The van der Waals surface area contributed by atoms with Gasteiger partial charge in [0.15, 0.2) is 0 Å². The fourth-order valence-corrected chi connectivity index (χ4v) is 2.19. The van der Waals surface area contributed by atoms with Gasteiger partial charge in [0.2, 0.25) is 0 Å². The fourth-order valence-electron chi connectivity index (χ4n) is 2.01. The highest BCUT2D eigenvalue weighted by molar-refractivity contribution is 6.33. The molecule has 18 heavy (non-hydrogen) atoms. The summed E-state index contributed by atoms with van der Waals surface area (Å²) in [6.45, 7) is 4.46. The zero-order valence-electron chi connectivity index (χ0n) is 10.8. The second-order valence-corrected chi connectivity index (χ2v) is 5.44. The lowest BCUT2D eigenvalue weighted by molar-refractivity contribution is 0.647. The van der Waals surface area contributed by atoms with Gasteiger partial charge in [0.05, 0.1) is 10.7 Å². The van der Waals surface area contributed by atoms with Crippen molar-refractivity contribution < 1.29 is 0 Å². The number of halogens is 1. The molecule has 0 fully saturated rings. The molecule has 1 nitrogen and oxygen atoms in total. The van der Waals surface area contributed by atoms with Gasteiger partial charge in [-0.05, 0) is 41.2 Å². The Labute approximate surface area is 114 Å². The molecule has 2 aromatic rings. The maximum Gasteiger partial charge on any atom is 0.0641 e. The molecule has 0 heterocycles. The average molecular weight is 260 g/mol. The number of hydrogen-bond donors (Lipinski definition) is 1. The summed E-state index contributed by atoms with van der Waals surface area (Å²) in [5.41, 5.74) is 9.98. The van der Waals surface area contributed by atoms with Gasteiger partial charge in [-0.3, -0.25) is 0 Å². The van der Waals surface area contributed by atoms with Crippen LogP contribution in [0.25, 0.3) is 11.1 Å². The van der Waals surface area contributed by atoms with Crippen LogP contribution in [0.15, 0.2) is 42.5 Å². The summed E-state index contributed by atoms with van der Waals surface area (Å²) < 4.78 is 0. The Morgan fingerprint density at radius 3 is 2.17 bits per heavy atom. The van der Waals surface area contributed by atoms with E-state index in [1.807, 2.05) is 18.2 Å². The Morgan fingerprint density at radius 1 is 1.00 bits per heavy atom. The van der Waals surface area contributed by atoms with Gasteiger partial charge in [0.25, 0.3) is 0 Å². The zero-order valence-corrected chi connectivity index (χ0v) is 11.5. The van der Waals surface area contributed by atoms with E-state index >= 15 is 0 Å². The van der Waals surface area contributed by atoms with E-state index in [1.54, 1.807) is 0 Å². The second-order valence-electron chi connectivity index (χ2n) is 5.03. The zero-order chi connectivity index (χ0) is 13.1. The number of rotatable bonds is 3. The van der Waals surface area contributed by atoms with Crippen LogP contribution >= 0.6 is 11.6 Å². The highest BCUT2D eigenvalue weighted by Crippen LogP contribution is 2.27. The van der Waals surface area contributed by atoms with Crippen LogP contribution in [0, 0.1) is 5.92 Å². The van der Waals surface area contributed by atoms with Crippen molar-refractivity contribution >= 4 is 17.3 Å². The van der Waals surface area contributed by atoms with Crippen LogP contribution in [0.5, 0.6) is 0 Å². The van der Waals surface area contributed by atoms with E-state index < -0.39 is 0 Å². The Hall–Kier alpha value is -1.47. The smallest absolute Gasteiger partial charge is 0.0641 e. The Kier molecular flexibility index (Phi) is 3.93. The van der Waals surface area contributed by atoms with Gasteiger partial charge in [0, 0.05) is 0 Å². The molecule has 0 radical (unpaired) electrons. The SMILES string of the molecule is CC(C)Cc1ccc(-c2ccc(N)c(Cl)c2)cc1. The maximum absolute atomic E-state index is 6.04. The first-order valence-electron chi connectivity index (χ1n) is 6.20. The quantitative estimate of drug-likeness (QED) is 0.788. The van der Waals surface area contributed by atoms with Crippen LogP contribution in [-0.2, 0) is 6.42 Å². The normalized spacial score (nSPS) is 10.9. The van der Waals surface area contributed by atoms with Crippen LogP contribution in [0.3, 0.4) is 0 Å². The summed E-state index contributed by atoms with van der Waals surface area (Å²) in [5.74, 6) is 0.682. The van der Waals surface area contributed by atoms with Gasteiger partial charge in [-0.15, -0.1) is 0 Å². The van der Waals surface area contributed by atoms with Crippen molar-refractivity contribution in [2.45, 2.75) is 20.3 Å². The molecule has 0 atom stereocenters. The van der Waals surface area contributed by atoms with E-state index in [1.165, 1.54) is 11.1 Å². The molecule has 2 rings (SSSR count). The molecule has 0 aromatic heterocycles. The second kappa shape index (κ2) is 5.45. The number of benzene rings is 2. The third-order valence-electron chi connectivity index (χ3n) is 2.93. The first kappa shape index (κ1) is 13.0. The minimum Gasteiger partial charge on any atom is -0.398 e. The largest absolute Gasteiger partial charge is 0.398 e. The summed E-state index contributed by atoms with van der Waals surface area (Å²) >= 11 is 6.04. The molecule has 0 aliphatic rings. The molecule has 2 N–H and O–H groups in total. The van der Waals surface area contributed by atoms with E-state index in [9.17, 15) is 0 Å². The predicted octanol–water partition coefficient (Wildman–Crippen LogP) is 4.79. The molecule has 0 spiro atoms. The summed E-state index contributed by atoms with van der Waals surface area (Å²) in [6.07, 6.45) is 1.11. The van der Waals surface area contributed by atoms with Crippen molar-refractivity contribution in [1.82, 2.24) is 0 Å². The van der Waals surface area contributed by atoms with Crippen LogP contribution in [0.2, 0.25) is 5.02 Å². The third-order valence-corrected chi connectivity index (χ3v) is 3.26. The first-order chi connectivity index (χ1) is 8.56. The summed E-state index contributed by atoms with van der Waals surface area (Å²) in [4.78, 5) is 0. The van der Waals surface area contributed by atoms with Gasteiger partial charge in [-0.2, -0.15) is 0 Å². The number of anilines is 1. The Morgan fingerprint density at radius 2 is 1.61 bits per heavy atom. The monoisotopic (exact) mass is 259 g/mol. The molecule has 0 amide bonds. The Balaban J connectivity index is 2.25. The number of nitrogens with two attached hydrogens (primary N) is 1. The molecule has 0 unspecified atom stereocenters.